The summed E-state index contributed by atoms with van der Waals surface area (Å²) in [5.74, 6) is 0. The number of hydrogen-bond acceptors (Lipinski definition) is 1. The van der Waals surface area contributed by atoms with Crippen molar-refractivity contribution in [2.75, 3.05) is 4.90 Å². The van der Waals surface area contributed by atoms with E-state index in [1.54, 1.807) is 0 Å². The molecule has 1 heteroatoms. The maximum Gasteiger partial charge on any atom is 0.0540 e. The van der Waals surface area contributed by atoms with E-state index in [4.69, 9.17) is 0 Å². The predicted molar refractivity (Wildman–Crippen MR) is 225 cm³/mol. The Morgan fingerprint density at radius 2 is 0.906 bits per heavy atom. The molecular weight excluding hydrogens is 639 g/mol. The highest BCUT2D eigenvalue weighted by Crippen LogP contribution is 2.54. The van der Waals surface area contributed by atoms with Gasteiger partial charge in [0.2, 0.25) is 0 Å². The summed E-state index contributed by atoms with van der Waals surface area (Å²) in [4.78, 5) is 2.50. The molecule has 10 rings (SSSR count). The Morgan fingerprint density at radius 1 is 0.358 bits per heavy atom. The van der Waals surface area contributed by atoms with Gasteiger partial charge in [0.15, 0.2) is 0 Å². The molecule has 0 heterocycles. The second-order valence-corrected chi connectivity index (χ2v) is 15.8. The minimum Gasteiger partial charge on any atom is -0.310 e. The molecule has 2 aliphatic carbocycles. The van der Waals surface area contributed by atoms with Crippen LogP contribution in [0.15, 0.2) is 176 Å². The van der Waals surface area contributed by atoms with Crippen molar-refractivity contribution in [3.05, 3.63) is 198 Å². The van der Waals surface area contributed by atoms with Crippen LogP contribution in [0.25, 0.3) is 55.3 Å². The van der Waals surface area contributed by atoms with Gasteiger partial charge in [-0.2, -0.15) is 0 Å². The monoisotopic (exact) mass is 679 g/mol. The van der Waals surface area contributed by atoms with Crippen molar-refractivity contribution >= 4 is 27.8 Å². The molecule has 0 unspecified atom stereocenters. The molecule has 0 saturated carbocycles. The van der Waals surface area contributed by atoms with E-state index in [2.05, 4.69) is 209 Å². The first kappa shape index (κ1) is 31.5. The molecule has 1 nitrogen and oxygen atoms in total. The minimum atomic E-state index is -0.120. The molecular formula is C52H41N. The number of nitrogens with zero attached hydrogens (tertiary/aromatic N) is 1. The van der Waals surface area contributed by atoms with E-state index in [0.29, 0.717) is 0 Å². The smallest absolute Gasteiger partial charge is 0.0540 e. The van der Waals surface area contributed by atoms with Gasteiger partial charge in [-0.1, -0.05) is 167 Å². The van der Waals surface area contributed by atoms with Gasteiger partial charge in [0.25, 0.3) is 0 Å². The zero-order valence-corrected chi connectivity index (χ0v) is 30.7. The SMILES string of the molecule is CC1(C)c2ccccc2-c2ccc(N(c3ccc4ccc5c(c4c3)C(C)(C)c3ccccc3-5)c3ccc(-c4ccccc4)cc3-c3ccccc3)cc21. The second kappa shape index (κ2) is 11.7. The van der Waals surface area contributed by atoms with E-state index in [9.17, 15) is 0 Å². The van der Waals surface area contributed by atoms with Crippen LogP contribution in [0.5, 0.6) is 0 Å². The van der Waals surface area contributed by atoms with Gasteiger partial charge in [0, 0.05) is 27.8 Å². The van der Waals surface area contributed by atoms with Crippen molar-refractivity contribution in [2.45, 2.75) is 38.5 Å². The standard InChI is InChI=1S/C52H41N/c1-51(2)46-21-13-11-19-40(46)42-29-27-39(33-48(42)51)53(49-30-25-37(34-15-7-5-8-16-34)31-44(49)35-17-9-6-10-18-35)38-26-23-36-24-28-43-41-20-12-14-22-47(41)52(3,4)50(43)45(36)32-38/h5-33H,1-4H3. The van der Waals surface area contributed by atoms with Crippen LogP contribution in [-0.4, -0.2) is 0 Å². The van der Waals surface area contributed by atoms with E-state index >= 15 is 0 Å². The zero-order chi connectivity index (χ0) is 35.9. The quantitative estimate of drug-likeness (QED) is 0.175. The summed E-state index contributed by atoms with van der Waals surface area (Å²) in [6, 6.07) is 65.3. The molecule has 0 radical (unpaired) electrons. The Kier molecular flexibility index (Phi) is 6.94. The van der Waals surface area contributed by atoms with Crippen LogP contribution in [0.1, 0.15) is 49.9 Å². The van der Waals surface area contributed by atoms with Gasteiger partial charge in [-0.15, -0.1) is 0 Å². The largest absolute Gasteiger partial charge is 0.310 e. The topological polar surface area (TPSA) is 3.24 Å². The lowest BCUT2D eigenvalue weighted by Gasteiger charge is -2.31. The third-order valence-corrected chi connectivity index (χ3v) is 12.0. The summed E-state index contributed by atoms with van der Waals surface area (Å²) >= 11 is 0. The van der Waals surface area contributed by atoms with Gasteiger partial charge in [0.1, 0.15) is 0 Å². The molecule has 0 fully saturated rings. The Balaban J connectivity index is 1.24. The number of fused-ring (bicyclic) bond motifs is 8. The summed E-state index contributed by atoms with van der Waals surface area (Å²) in [5.41, 5.74) is 18.9. The molecule has 254 valence electrons. The van der Waals surface area contributed by atoms with E-state index in [1.165, 1.54) is 77.5 Å². The van der Waals surface area contributed by atoms with Crippen molar-refractivity contribution in [1.82, 2.24) is 0 Å². The molecule has 0 atom stereocenters. The van der Waals surface area contributed by atoms with Gasteiger partial charge in [0.05, 0.1) is 5.69 Å². The maximum absolute atomic E-state index is 2.50. The van der Waals surface area contributed by atoms with Gasteiger partial charge in [-0.25, -0.2) is 0 Å². The van der Waals surface area contributed by atoms with E-state index in [-0.39, 0.29) is 10.8 Å². The van der Waals surface area contributed by atoms with E-state index in [0.717, 1.165) is 17.1 Å². The molecule has 53 heavy (non-hydrogen) atoms. The van der Waals surface area contributed by atoms with Crippen molar-refractivity contribution in [3.63, 3.8) is 0 Å². The zero-order valence-electron chi connectivity index (χ0n) is 30.7. The van der Waals surface area contributed by atoms with Crippen LogP contribution in [0.3, 0.4) is 0 Å². The maximum atomic E-state index is 2.50. The lowest BCUT2D eigenvalue weighted by molar-refractivity contribution is 0.660. The fourth-order valence-electron chi connectivity index (χ4n) is 9.39. The molecule has 0 spiro atoms. The molecule has 0 N–H and O–H groups in total. The average Bonchev–Trinajstić information content (AvgIpc) is 3.58. The Bertz CT molecular complexity index is 2720. The van der Waals surface area contributed by atoms with Crippen molar-refractivity contribution in [1.29, 1.82) is 0 Å². The van der Waals surface area contributed by atoms with Gasteiger partial charge in [-0.05, 0) is 108 Å². The normalized spacial score (nSPS) is 14.3. The lowest BCUT2D eigenvalue weighted by atomic mass is 9.80. The van der Waals surface area contributed by atoms with E-state index < -0.39 is 0 Å². The van der Waals surface area contributed by atoms with Crippen LogP contribution in [0.2, 0.25) is 0 Å². The molecule has 8 aromatic carbocycles. The summed E-state index contributed by atoms with van der Waals surface area (Å²) in [6.07, 6.45) is 0. The third-order valence-electron chi connectivity index (χ3n) is 12.0. The van der Waals surface area contributed by atoms with Crippen LogP contribution in [-0.2, 0) is 10.8 Å². The summed E-state index contributed by atoms with van der Waals surface area (Å²) in [5, 5.41) is 2.57. The van der Waals surface area contributed by atoms with Crippen molar-refractivity contribution in [2.24, 2.45) is 0 Å². The molecule has 0 bridgehead atoms. The molecule has 0 saturated heterocycles. The average molecular weight is 680 g/mol. The first-order chi connectivity index (χ1) is 25.8. The third kappa shape index (κ3) is 4.77. The number of hydrogen-bond donors (Lipinski definition) is 0. The molecule has 0 amide bonds. The summed E-state index contributed by atoms with van der Waals surface area (Å²) in [6.45, 7) is 9.51. The number of rotatable bonds is 5. The van der Waals surface area contributed by atoms with Gasteiger partial charge >= 0.3 is 0 Å². The van der Waals surface area contributed by atoms with Crippen LogP contribution < -0.4 is 4.90 Å². The Labute approximate surface area is 312 Å². The molecule has 0 aliphatic heterocycles. The van der Waals surface area contributed by atoms with Crippen LogP contribution in [0, 0.1) is 0 Å². The minimum absolute atomic E-state index is 0.118. The van der Waals surface area contributed by atoms with Crippen LogP contribution in [0.4, 0.5) is 17.1 Å². The summed E-state index contributed by atoms with van der Waals surface area (Å²) < 4.78 is 0. The lowest BCUT2D eigenvalue weighted by Crippen LogP contribution is -2.17. The summed E-state index contributed by atoms with van der Waals surface area (Å²) in [7, 11) is 0. The Morgan fingerprint density at radius 3 is 1.64 bits per heavy atom. The number of anilines is 3. The fourth-order valence-corrected chi connectivity index (χ4v) is 9.39. The van der Waals surface area contributed by atoms with Gasteiger partial charge in [-0.3, -0.25) is 0 Å². The van der Waals surface area contributed by atoms with Crippen molar-refractivity contribution < 1.29 is 0 Å². The molecule has 8 aromatic rings. The van der Waals surface area contributed by atoms with Gasteiger partial charge < -0.3 is 4.90 Å². The Hall–Kier alpha value is -6.18. The first-order valence-corrected chi connectivity index (χ1v) is 18.8. The fraction of sp³-hybridized carbons (Fsp3) is 0.115. The van der Waals surface area contributed by atoms with Crippen molar-refractivity contribution in [3.8, 4) is 44.5 Å². The molecule has 0 aromatic heterocycles. The van der Waals surface area contributed by atoms with Crippen LogP contribution >= 0.6 is 0 Å². The number of benzene rings is 8. The van der Waals surface area contributed by atoms with E-state index in [1.807, 2.05) is 0 Å². The highest BCUT2D eigenvalue weighted by atomic mass is 15.1. The first-order valence-electron chi connectivity index (χ1n) is 18.8. The second-order valence-electron chi connectivity index (χ2n) is 15.8. The highest BCUT2D eigenvalue weighted by Gasteiger charge is 2.38. The molecule has 2 aliphatic rings. The highest BCUT2D eigenvalue weighted by molar-refractivity contribution is 6.01. The predicted octanol–water partition coefficient (Wildman–Crippen LogP) is 14.3.